The smallest absolute Gasteiger partial charge is 0.339 e. The highest BCUT2D eigenvalue weighted by molar-refractivity contribution is 7.87. The molecule has 0 bridgehead atoms. The first-order valence-corrected chi connectivity index (χ1v) is 12.4. The monoisotopic (exact) mass is 512 g/mol. The molecular formula is C23H20N4O6S2. The first kappa shape index (κ1) is 24.1. The Kier molecular flexibility index (Phi) is 6.67. The summed E-state index contributed by atoms with van der Waals surface area (Å²) in [6, 6.07) is 16.1. The summed E-state index contributed by atoms with van der Waals surface area (Å²) in [4.78, 5) is 10.9. The molecule has 0 fully saturated rings. The third kappa shape index (κ3) is 5.08. The van der Waals surface area contributed by atoms with Crippen LogP contribution in [-0.4, -0.2) is 31.2 Å². The van der Waals surface area contributed by atoms with E-state index in [2.05, 4.69) is 10.2 Å². The third-order valence-electron chi connectivity index (χ3n) is 5.12. The lowest BCUT2D eigenvalue weighted by Gasteiger charge is -2.11. The summed E-state index contributed by atoms with van der Waals surface area (Å²) in [5, 5.41) is 19.6. The van der Waals surface area contributed by atoms with Crippen LogP contribution in [0.25, 0.3) is 10.2 Å². The van der Waals surface area contributed by atoms with E-state index in [-0.39, 0.29) is 22.1 Å². The fourth-order valence-electron chi connectivity index (χ4n) is 3.26. The Morgan fingerprint density at radius 1 is 1.09 bits per heavy atom. The van der Waals surface area contributed by atoms with Gasteiger partial charge in [0.15, 0.2) is 11.5 Å². The van der Waals surface area contributed by atoms with Crippen LogP contribution in [0.1, 0.15) is 11.1 Å². The van der Waals surface area contributed by atoms with Gasteiger partial charge in [-0.05, 0) is 48.9 Å². The topological polar surface area (TPSA) is 125 Å². The number of aromatic nitrogens is 1. The van der Waals surface area contributed by atoms with E-state index in [1.165, 1.54) is 49.8 Å². The lowest BCUT2D eigenvalue weighted by Crippen LogP contribution is -2.11. The van der Waals surface area contributed by atoms with Crippen LogP contribution in [-0.2, 0) is 17.2 Å². The highest BCUT2D eigenvalue weighted by Crippen LogP contribution is 2.31. The number of para-hydroxylation sites is 1. The van der Waals surface area contributed by atoms with E-state index in [1.807, 2.05) is 35.9 Å². The van der Waals surface area contributed by atoms with Gasteiger partial charge >= 0.3 is 10.1 Å². The minimum atomic E-state index is -4.34. The van der Waals surface area contributed by atoms with Gasteiger partial charge < -0.3 is 13.5 Å². The Morgan fingerprint density at radius 2 is 1.86 bits per heavy atom. The van der Waals surface area contributed by atoms with Gasteiger partial charge in [-0.1, -0.05) is 29.5 Å². The van der Waals surface area contributed by atoms with E-state index in [0.717, 1.165) is 16.3 Å². The zero-order chi connectivity index (χ0) is 25.2. The van der Waals surface area contributed by atoms with Crippen molar-refractivity contribution in [1.29, 1.82) is 0 Å². The molecule has 0 aliphatic heterocycles. The maximum atomic E-state index is 12.7. The zero-order valence-corrected chi connectivity index (χ0v) is 20.5. The largest absolute Gasteiger partial charge is 0.493 e. The molecule has 0 saturated heterocycles. The quantitative estimate of drug-likeness (QED) is 0.158. The molecule has 3 aromatic carbocycles. The molecule has 4 rings (SSSR count). The van der Waals surface area contributed by atoms with Crippen molar-refractivity contribution in [2.45, 2.75) is 11.8 Å². The van der Waals surface area contributed by atoms with E-state index in [1.54, 1.807) is 12.1 Å². The SMILES string of the molecule is COc1cc(/C=N\N=c2/sc3ccccc3n2C)ccc1OS(=O)(=O)c1ccc(C)c([N+](=O)[O-])c1. The van der Waals surface area contributed by atoms with Crippen molar-refractivity contribution in [3.63, 3.8) is 0 Å². The van der Waals surface area contributed by atoms with Crippen molar-refractivity contribution in [1.82, 2.24) is 4.57 Å². The fourth-order valence-corrected chi connectivity index (χ4v) is 5.20. The highest BCUT2D eigenvalue weighted by atomic mass is 32.2. The molecule has 180 valence electrons. The predicted molar refractivity (Wildman–Crippen MR) is 133 cm³/mol. The Balaban J connectivity index is 1.59. The molecule has 1 heterocycles. The number of nitro benzene ring substituents is 1. The van der Waals surface area contributed by atoms with Gasteiger partial charge in [0.25, 0.3) is 5.69 Å². The van der Waals surface area contributed by atoms with Crippen LogP contribution < -0.4 is 13.7 Å². The van der Waals surface area contributed by atoms with Gasteiger partial charge in [-0.3, -0.25) is 10.1 Å². The van der Waals surface area contributed by atoms with Crippen LogP contribution in [0.4, 0.5) is 5.69 Å². The van der Waals surface area contributed by atoms with E-state index < -0.39 is 15.0 Å². The van der Waals surface area contributed by atoms with Crippen molar-refractivity contribution in [2.75, 3.05) is 7.11 Å². The second-order valence-corrected chi connectivity index (χ2v) is 9.96. The summed E-state index contributed by atoms with van der Waals surface area (Å²) >= 11 is 1.51. The molecule has 0 amide bonds. The number of methoxy groups -OCH3 is 1. The minimum Gasteiger partial charge on any atom is -0.493 e. The number of rotatable bonds is 7. The average Bonchev–Trinajstić information content (AvgIpc) is 3.15. The Bertz CT molecular complexity index is 1640. The van der Waals surface area contributed by atoms with E-state index >= 15 is 0 Å². The molecular weight excluding hydrogens is 492 g/mol. The van der Waals surface area contributed by atoms with Crippen molar-refractivity contribution in [3.8, 4) is 11.5 Å². The number of benzene rings is 3. The maximum absolute atomic E-state index is 12.7. The van der Waals surface area contributed by atoms with Crippen LogP contribution in [0.5, 0.6) is 11.5 Å². The molecule has 0 atom stereocenters. The second-order valence-electron chi connectivity index (χ2n) is 7.41. The molecule has 0 N–H and O–H groups in total. The summed E-state index contributed by atoms with van der Waals surface area (Å²) in [6.45, 7) is 1.52. The number of nitro groups is 1. The second kappa shape index (κ2) is 9.68. The summed E-state index contributed by atoms with van der Waals surface area (Å²) in [5.41, 5.74) is 1.67. The van der Waals surface area contributed by atoms with Gasteiger partial charge in [-0.25, -0.2) is 0 Å². The number of aryl methyl sites for hydroxylation is 2. The van der Waals surface area contributed by atoms with Crippen LogP contribution in [0.3, 0.4) is 0 Å². The molecule has 10 nitrogen and oxygen atoms in total. The van der Waals surface area contributed by atoms with Gasteiger partial charge in [0.2, 0.25) is 4.80 Å². The Morgan fingerprint density at radius 3 is 2.57 bits per heavy atom. The molecule has 0 aliphatic rings. The molecule has 0 radical (unpaired) electrons. The summed E-state index contributed by atoms with van der Waals surface area (Å²) < 4.78 is 39.0. The molecule has 0 aliphatic carbocycles. The average molecular weight is 513 g/mol. The summed E-state index contributed by atoms with van der Waals surface area (Å²) in [5.74, 6) is 0.0762. The van der Waals surface area contributed by atoms with Crippen molar-refractivity contribution in [2.24, 2.45) is 17.3 Å². The zero-order valence-electron chi connectivity index (χ0n) is 18.9. The number of ether oxygens (including phenoxy) is 1. The van der Waals surface area contributed by atoms with Gasteiger partial charge in [0.1, 0.15) is 4.90 Å². The lowest BCUT2D eigenvalue weighted by molar-refractivity contribution is -0.385. The van der Waals surface area contributed by atoms with E-state index in [4.69, 9.17) is 8.92 Å². The Labute approximate surface area is 204 Å². The molecule has 4 aromatic rings. The molecule has 1 aromatic heterocycles. The van der Waals surface area contributed by atoms with Crippen molar-refractivity contribution < 1.29 is 22.3 Å². The minimum absolute atomic E-state index is 0.0688. The number of thiazole rings is 1. The van der Waals surface area contributed by atoms with Gasteiger partial charge in [-0.15, -0.1) is 5.10 Å². The number of hydrogen-bond donors (Lipinski definition) is 0. The predicted octanol–water partition coefficient (Wildman–Crippen LogP) is 4.17. The summed E-state index contributed by atoms with van der Waals surface area (Å²) in [6.07, 6.45) is 1.51. The molecule has 0 spiro atoms. The van der Waals surface area contributed by atoms with Gasteiger partial charge in [-0.2, -0.15) is 13.5 Å². The van der Waals surface area contributed by atoms with E-state index in [0.29, 0.717) is 15.9 Å². The lowest BCUT2D eigenvalue weighted by atomic mass is 10.2. The summed E-state index contributed by atoms with van der Waals surface area (Å²) in [7, 11) is -1.06. The first-order valence-electron chi connectivity index (χ1n) is 10.2. The van der Waals surface area contributed by atoms with Crippen LogP contribution in [0.15, 0.2) is 75.8 Å². The van der Waals surface area contributed by atoms with Gasteiger partial charge in [0, 0.05) is 18.7 Å². The van der Waals surface area contributed by atoms with Crippen molar-refractivity contribution >= 4 is 43.6 Å². The normalized spacial score (nSPS) is 12.4. The Hall–Kier alpha value is -4.03. The highest BCUT2D eigenvalue weighted by Gasteiger charge is 2.23. The number of fused-ring (bicyclic) bond motifs is 1. The number of hydrogen-bond acceptors (Lipinski definition) is 9. The third-order valence-corrected chi connectivity index (χ3v) is 7.45. The molecule has 35 heavy (non-hydrogen) atoms. The van der Waals surface area contributed by atoms with Gasteiger partial charge in [0.05, 0.1) is 28.5 Å². The fraction of sp³-hybridized carbons (Fsp3) is 0.130. The first-order chi connectivity index (χ1) is 16.7. The number of nitrogens with zero attached hydrogens (tertiary/aromatic N) is 4. The maximum Gasteiger partial charge on any atom is 0.339 e. The van der Waals surface area contributed by atoms with E-state index in [9.17, 15) is 18.5 Å². The van der Waals surface area contributed by atoms with Crippen LogP contribution in [0.2, 0.25) is 0 Å². The molecule has 0 saturated carbocycles. The molecule has 12 heteroatoms. The van der Waals surface area contributed by atoms with Crippen LogP contribution in [0, 0.1) is 17.0 Å². The van der Waals surface area contributed by atoms with Crippen LogP contribution >= 0.6 is 11.3 Å². The molecule has 0 unspecified atom stereocenters. The standard InChI is InChI=1S/C23H20N4O6S2/c1-15-8-10-17(13-19(15)27(28)29)35(30,31)33-20-11-9-16(12-21(20)32-3)14-24-25-23-26(2)18-6-4-5-7-22(18)34-23/h4-14H,1-3H3/b24-14-,25-23-. The van der Waals surface area contributed by atoms with Crippen molar-refractivity contribution in [3.05, 3.63) is 86.7 Å².